The molecule has 0 aliphatic heterocycles. The van der Waals surface area contributed by atoms with E-state index in [4.69, 9.17) is 16.1 Å². The molecular formula is C19H18ClN3O2. The van der Waals surface area contributed by atoms with Crippen LogP contribution in [0.1, 0.15) is 21.7 Å². The summed E-state index contributed by atoms with van der Waals surface area (Å²) in [5.41, 5.74) is 2.62. The van der Waals surface area contributed by atoms with Crippen LogP contribution < -0.4 is 0 Å². The van der Waals surface area contributed by atoms with Crippen molar-refractivity contribution in [3.05, 3.63) is 70.5 Å². The summed E-state index contributed by atoms with van der Waals surface area (Å²) in [6.07, 6.45) is 0.519. The number of benzene rings is 2. The van der Waals surface area contributed by atoms with E-state index in [-0.39, 0.29) is 5.91 Å². The molecule has 0 saturated heterocycles. The molecule has 1 amide bonds. The first kappa shape index (κ1) is 17.2. The molecule has 0 fully saturated rings. The Labute approximate surface area is 151 Å². The highest BCUT2D eigenvalue weighted by atomic mass is 35.5. The lowest BCUT2D eigenvalue weighted by atomic mass is 10.1. The Balaban J connectivity index is 1.62. The molecular weight excluding hydrogens is 338 g/mol. The van der Waals surface area contributed by atoms with Gasteiger partial charge in [-0.15, -0.1) is 0 Å². The lowest BCUT2D eigenvalue weighted by molar-refractivity contribution is 0.0796. The van der Waals surface area contributed by atoms with Gasteiger partial charge in [0, 0.05) is 36.2 Å². The second-order valence-electron chi connectivity index (χ2n) is 5.87. The number of carbonyl (C=O) groups excluding carboxylic acids is 1. The second-order valence-corrected chi connectivity index (χ2v) is 6.31. The van der Waals surface area contributed by atoms with Crippen LogP contribution in [0.25, 0.3) is 11.5 Å². The van der Waals surface area contributed by atoms with Crippen LogP contribution in [0.2, 0.25) is 5.02 Å². The molecule has 3 rings (SSSR count). The molecule has 5 nitrogen and oxygen atoms in total. The van der Waals surface area contributed by atoms with Crippen molar-refractivity contribution < 1.29 is 9.32 Å². The Kier molecular flexibility index (Phi) is 5.14. The summed E-state index contributed by atoms with van der Waals surface area (Å²) >= 11 is 5.85. The van der Waals surface area contributed by atoms with Gasteiger partial charge in [-0.25, -0.2) is 0 Å². The third kappa shape index (κ3) is 4.25. The van der Waals surface area contributed by atoms with Crippen LogP contribution in [0, 0.1) is 6.92 Å². The largest absolute Gasteiger partial charge is 0.341 e. The Hall–Kier alpha value is -2.66. The summed E-state index contributed by atoms with van der Waals surface area (Å²) < 4.78 is 5.32. The molecule has 0 atom stereocenters. The van der Waals surface area contributed by atoms with Gasteiger partial charge in [0.2, 0.25) is 0 Å². The van der Waals surface area contributed by atoms with E-state index in [0.29, 0.717) is 35.3 Å². The lowest BCUT2D eigenvalue weighted by Crippen LogP contribution is -2.29. The molecule has 0 aliphatic carbocycles. The summed E-state index contributed by atoms with van der Waals surface area (Å²) in [6, 6.07) is 14.7. The van der Waals surface area contributed by atoms with E-state index in [1.54, 1.807) is 36.2 Å². The first-order valence-corrected chi connectivity index (χ1v) is 8.31. The highest BCUT2D eigenvalue weighted by Gasteiger charge is 2.14. The molecule has 0 spiro atoms. The average molecular weight is 356 g/mol. The van der Waals surface area contributed by atoms with Crippen molar-refractivity contribution in [2.45, 2.75) is 13.3 Å². The van der Waals surface area contributed by atoms with Gasteiger partial charge in [-0.2, -0.15) is 4.98 Å². The molecule has 6 heteroatoms. The summed E-state index contributed by atoms with van der Waals surface area (Å²) in [7, 11) is 1.75. The predicted molar refractivity (Wildman–Crippen MR) is 96.6 cm³/mol. The van der Waals surface area contributed by atoms with E-state index < -0.39 is 0 Å². The highest BCUT2D eigenvalue weighted by Crippen LogP contribution is 2.18. The molecule has 0 aliphatic rings. The van der Waals surface area contributed by atoms with E-state index in [9.17, 15) is 4.79 Å². The van der Waals surface area contributed by atoms with Gasteiger partial charge in [0.1, 0.15) is 0 Å². The molecule has 1 aromatic heterocycles. The average Bonchev–Trinajstić information content (AvgIpc) is 3.09. The maximum Gasteiger partial charge on any atom is 0.257 e. The van der Waals surface area contributed by atoms with Crippen LogP contribution in [-0.2, 0) is 6.42 Å². The van der Waals surface area contributed by atoms with Crippen molar-refractivity contribution in [2.24, 2.45) is 0 Å². The zero-order valence-corrected chi connectivity index (χ0v) is 14.8. The Morgan fingerprint density at radius 3 is 2.68 bits per heavy atom. The Bertz CT molecular complexity index is 874. The van der Waals surface area contributed by atoms with Gasteiger partial charge in [0.25, 0.3) is 11.8 Å². The number of carbonyl (C=O) groups is 1. The summed E-state index contributed by atoms with van der Waals surface area (Å²) in [5.74, 6) is 0.997. The van der Waals surface area contributed by atoms with Gasteiger partial charge in [0.15, 0.2) is 5.82 Å². The maximum atomic E-state index is 12.4. The summed E-state index contributed by atoms with van der Waals surface area (Å²) in [6.45, 7) is 2.51. The minimum absolute atomic E-state index is 0.0703. The zero-order valence-electron chi connectivity index (χ0n) is 14.1. The van der Waals surface area contributed by atoms with Crippen LogP contribution in [0.15, 0.2) is 53.1 Å². The van der Waals surface area contributed by atoms with Gasteiger partial charge >= 0.3 is 0 Å². The second kappa shape index (κ2) is 7.49. The molecule has 0 bridgehead atoms. The van der Waals surface area contributed by atoms with Gasteiger partial charge in [-0.05, 0) is 43.3 Å². The maximum absolute atomic E-state index is 12.4. The Morgan fingerprint density at radius 2 is 1.96 bits per heavy atom. The fourth-order valence-corrected chi connectivity index (χ4v) is 2.56. The van der Waals surface area contributed by atoms with Crippen LogP contribution in [0.5, 0.6) is 0 Å². The smallest absolute Gasteiger partial charge is 0.257 e. The van der Waals surface area contributed by atoms with Crippen LogP contribution in [0.4, 0.5) is 0 Å². The van der Waals surface area contributed by atoms with Gasteiger partial charge in [0.05, 0.1) is 0 Å². The number of aryl methyl sites for hydroxylation is 1. The van der Waals surface area contributed by atoms with Gasteiger partial charge < -0.3 is 9.42 Å². The highest BCUT2D eigenvalue weighted by molar-refractivity contribution is 6.30. The predicted octanol–water partition coefficient (Wildman–Crippen LogP) is 4.01. The van der Waals surface area contributed by atoms with E-state index in [0.717, 1.165) is 11.1 Å². The van der Waals surface area contributed by atoms with E-state index in [1.165, 1.54) is 0 Å². The minimum Gasteiger partial charge on any atom is -0.341 e. The molecule has 25 heavy (non-hydrogen) atoms. The molecule has 2 aromatic carbocycles. The molecule has 1 heterocycles. The number of likely N-dealkylation sites (N-methyl/N-ethyl adjacent to an activating group) is 1. The summed E-state index contributed by atoms with van der Waals surface area (Å²) in [5, 5.41) is 4.60. The first-order valence-electron chi connectivity index (χ1n) is 7.93. The number of amides is 1. The zero-order chi connectivity index (χ0) is 17.8. The topological polar surface area (TPSA) is 59.2 Å². The molecule has 0 saturated carbocycles. The quantitative estimate of drug-likeness (QED) is 0.693. The number of aromatic nitrogens is 2. The van der Waals surface area contributed by atoms with Crippen molar-refractivity contribution in [2.75, 3.05) is 13.6 Å². The minimum atomic E-state index is -0.0703. The number of hydrogen-bond acceptors (Lipinski definition) is 4. The SMILES string of the molecule is Cc1cccc(-c2nc(CCN(C)C(=O)c3ccc(Cl)cc3)no2)c1. The van der Waals surface area contributed by atoms with Crippen molar-refractivity contribution in [1.29, 1.82) is 0 Å². The van der Waals surface area contributed by atoms with E-state index in [2.05, 4.69) is 10.1 Å². The number of halogens is 1. The first-order chi connectivity index (χ1) is 12.0. The van der Waals surface area contributed by atoms with Crippen molar-refractivity contribution in [3.63, 3.8) is 0 Å². The van der Waals surface area contributed by atoms with Crippen LogP contribution in [0.3, 0.4) is 0 Å². The standard InChI is InChI=1S/C19H18ClN3O2/c1-13-4-3-5-15(12-13)18-21-17(22-25-18)10-11-23(2)19(24)14-6-8-16(20)9-7-14/h3-9,12H,10-11H2,1-2H3. The summed E-state index contributed by atoms with van der Waals surface area (Å²) in [4.78, 5) is 18.4. The molecule has 0 unspecified atom stereocenters. The number of rotatable bonds is 5. The van der Waals surface area contributed by atoms with Crippen molar-refractivity contribution >= 4 is 17.5 Å². The number of hydrogen-bond donors (Lipinski definition) is 0. The molecule has 0 radical (unpaired) electrons. The molecule has 128 valence electrons. The normalized spacial score (nSPS) is 10.7. The van der Waals surface area contributed by atoms with Crippen molar-refractivity contribution in [1.82, 2.24) is 15.0 Å². The lowest BCUT2D eigenvalue weighted by Gasteiger charge is -2.16. The van der Waals surface area contributed by atoms with Crippen LogP contribution in [-0.4, -0.2) is 34.5 Å². The van der Waals surface area contributed by atoms with E-state index >= 15 is 0 Å². The van der Waals surface area contributed by atoms with Crippen LogP contribution >= 0.6 is 11.6 Å². The van der Waals surface area contributed by atoms with Gasteiger partial charge in [-0.3, -0.25) is 4.79 Å². The fourth-order valence-electron chi connectivity index (χ4n) is 2.43. The Morgan fingerprint density at radius 1 is 1.20 bits per heavy atom. The monoisotopic (exact) mass is 355 g/mol. The van der Waals surface area contributed by atoms with Gasteiger partial charge in [-0.1, -0.05) is 34.5 Å². The van der Waals surface area contributed by atoms with Crippen molar-refractivity contribution in [3.8, 4) is 11.5 Å². The number of nitrogens with zero attached hydrogens (tertiary/aromatic N) is 3. The molecule has 3 aromatic rings. The third-order valence-corrected chi connectivity index (χ3v) is 4.09. The van der Waals surface area contributed by atoms with E-state index in [1.807, 2.05) is 31.2 Å². The molecule has 0 N–H and O–H groups in total. The fraction of sp³-hybridized carbons (Fsp3) is 0.211. The third-order valence-electron chi connectivity index (χ3n) is 3.84.